The Morgan fingerprint density at radius 3 is 2.50 bits per heavy atom. The first-order valence-corrected chi connectivity index (χ1v) is 11.7. The number of hydrogen-bond acceptors (Lipinski definition) is 9. The summed E-state index contributed by atoms with van der Waals surface area (Å²) in [6, 6.07) is -0.496. The van der Waals surface area contributed by atoms with Gasteiger partial charge in [-0.1, -0.05) is 5.16 Å². The number of anilines is 1. The van der Waals surface area contributed by atoms with Crippen LogP contribution in [0.2, 0.25) is 0 Å². The van der Waals surface area contributed by atoms with Crippen LogP contribution in [0.5, 0.6) is 0 Å². The fourth-order valence-corrected chi connectivity index (χ4v) is 5.92. The summed E-state index contributed by atoms with van der Waals surface area (Å²) in [5.74, 6) is -2.49. The van der Waals surface area contributed by atoms with Crippen molar-refractivity contribution in [3.8, 4) is 0 Å². The Hall–Kier alpha value is -3.06. The molecule has 5 rings (SSSR count). The molecule has 3 unspecified atom stereocenters. The van der Waals surface area contributed by atoms with Crippen molar-refractivity contribution in [2.75, 3.05) is 17.7 Å². The number of morpholine rings is 1. The van der Waals surface area contributed by atoms with E-state index in [9.17, 15) is 22.8 Å². The number of rotatable bonds is 1. The normalized spacial score (nSPS) is 27.2. The number of carbonyl (C=O) groups is 3. The number of halogens is 1. The van der Waals surface area contributed by atoms with Crippen LogP contribution < -0.4 is 15.5 Å². The van der Waals surface area contributed by atoms with Crippen molar-refractivity contribution in [2.24, 2.45) is 5.41 Å². The van der Waals surface area contributed by atoms with E-state index in [0.717, 1.165) is 6.26 Å². The van der Waals surface area contributed by atoms with E-state index in [1.165, 1.54) is 6.07 Å². The van der Waals surface area contributed by atoms with Gasteiger partial charge in [0, 0.05) is 19.2 Å². The molecule has 0 radical (unpaired) electrons. The maximum atomic E-state index is 15.7. The lowest BCUT2D eigenvalue weighted by atomic mass is 9.66. The molecular formula is C19H19FN4O7S. The fraction of sp³-hybridized carbons (Fsp3) is 0.474. The van der Waals surface area contributed by atoms with E-state index in [4.69, 9.17) is 9.26 Å². The molecule has 0 saturated carbocycles. The number of sulfone groups is 1. The summed E-state index contributed by atoms with van der Waals surface area (Å²) >= 11 is 0. The molecule has 32 heavy (non-hydrogen) atoms. The van der Waals surface area contributed by atoms with Crippen LogP contribution in [0.1, 0.15) is 19.4 Å². The van der Waals surface area contributed by atoms with Crippen molar-refractivity contribution < 1.29 is 36.5 Å². The number of benzene rings is 1. The molecule has 3 aliphatic heterocycles. The number of ether oxygens (including phenoxy) is 1. The minimum atomic E-state index is -3.84. The summed E-state index contributed by atoms with van der Waals surface area (Å²) in [6.45, 7) is 3.59. The molecule has 11 nitrogen and oxygen atoms in total. The Bertz CT molecular complexity index is 1300. The molecule has 13 heteroatoms. The van der Waals surface area contributed by atoms with Crippen molar-refractivity contribution in [3.63, 3.8) is 0 Å². The third kappa shape index (κ3) is 2.64. The van der Waals surface area contributed by atoms with Gasteiger partial charge in [-0.3, -0.25) is 20.2 Å². The zero-order valence-electron chi connectivity index (χ0n) is 17.3. The minimum Gasteiger partial charge on any atom is -0.372 e. The van der Waals surface area contributed by atoms with E-state index >= 15 is 4.39 Å². The Morgan fingerprint density at radius 2 is 1.88 bits per heavy atom. The second-order valence-electron chi connectivity index (χ2n) is 8.47. The standard InChI is InChI=1S/C19H19FN4O7S/c1-7-6-24-12-9(4-10-13(11(12)20)31-23-15(10)32(3,28)29)5-19(14(24)8(2)30-7)16(25)21-18(27)22-17(19)26/h4,7-8,14H,5-6H2,1-3H3,(H2,21,22,25,26,27). The molecule has 3 atom stereocenters. The number of imide groups is 2. The second kappa shape index (κ2) is 6.48. The van der Waals surface area contributed by atoms with Gasteiger partial charge in [0.25, 0.3) is 0 Å². The Labute approximate surface area is 181 Å². The van der Waals surface area contributed by atoms with Crippen molar-refractivity contribution in [3.05, 3.63) is 17.4 Å². The van der Waals surface area contributed by atoms with Crippen LogP contribution in [-0.2, 0) is 30.6 Å². The molecule has 0 bridgehead atoms. The highest BCUT2D eigenvalue weighted by Crippen LogP contribution is 2.49. The van der Waals surface area contributed by atoms with Crippen LogP contribution in [0.3, 0.4) is 0 Å². The molecular weight excluding hydrogens is 447 g/mol. The topological polar surface area (TPSA) is 148 Å². The smallest absolute Gasteiger partial charge is 0.328 e. The van der Waals surface area contributed by atoms with E-state index < -0.39 is 56.1 Å². The van der Waals surface area contributed by atoms with Crippen LogP contribution in [-0.4, -0.2) is 62.5 Å². The number of hydrogen-bond donors (Lipinski definition) is 2. The molecule has 1 aromatic carbocycles. The minimum absolute atomic E-state index is 0.0839. The van der Waals surface area contributed by atoms with E-state index in [1.807, 2.05) is 0 Å². The van der Waals surface area contributed by atoms with Gasteiger partial charge in [-0.2, -0.15) is 0 Å². The second-order valence-corrected chi connectivity index (χ2v) is 10.4. The summed E-state index contributed by atoms with van der Waals surface area (Å²) in [5.41, 5.74) is -1.83. The molecule has 2 fully saturated rings. The summed E-state index contributed by atoms with van der Waals surface area (Å²) in [5, 5.41) is 7.27. The van der Waals surface area contributed by atoms with Crippen molar-refractivity contribution in [2.45, 2.75) is 43.5 Å². The van der Waals surface area contributed by atoms with Gasteiger partial charge in [-0.15, -0.1) is 0 Å². The lowest BCUT2D eigenvalue weighted by Gasteiger charge is -2.55. The average molecular weight is 466 g/mol. The fourth-order valence-electron chi connectivity index (χ4n) is 5.19. The molecule has 2 aromatic rings. The largest absolute Gasteiger partial charge is 0.372 e. The highest BCUT2D eigenvalue weighted by molar-refractivity contribution is 7.90. The van der Waals surface area contributed by atoms with E-state index in [1.54, 1.807) is 18.7 Å². The summed E-state index contributed by atoms with van der Waals surface area (Å²) in [7, 11) is -3.84. The maximum absolute atomic E-state index is 15.7. The summed E-state index contributed by atoms with van der Waals surface area (Å²) in [6.07, 6.45) is -0.402. The number of barbiturate groups is 1. The number of nitrogens with one attached hydrogen (secondary N) is 2. The molecule has 2 N–H and O–H groups in total. The summed E-state index contributed by atoms with van der Waals surface area (Å²) in [4.78, 5) is 39.5. The molecule has 4 amide bonds. The Kier molecular flexibility index (Phi) is 4.22. The van der Waals surface area contributed by atoms with Gasteiger partial charge < -0.3 is 14.2 Å². The van der Waals surface area contributed by atoms with E-state index in [0.29, 0.717) is 0 Å². The van der Waals surface area contributed by atoms with Crippen LogP contribution in [0.25, 0.3) is 11.0 Å². The molecule has 3 aliphatic rings. The molecule has 170 valence electrons. The lowest BCUT2D eigenvalue weighted by molar-refractivity contribution is -0.153. The number of aromatic nitrogens is 1. The van der Waals surface area contributed by atoms with Crippen LogP contribution >= 0.6 is 0 Å². The van der Waals surface area contributed by atoms with Gasteiger partial charge in [0.2, 0.25) is 22.4 Å². The first kappa shape index (κ1) is 20.8. The Morgan fingerprint density at radius 1 is 1.22 bits per heavy atom. The zero-order valence-corrected chi connectivity index (χ0v) is 18.1. The number of urea groups is 1. The van der Waals surface area contributed by atoms with Gasteiger partial charge in [-0.25, -0.2) is 17.6 Å². The number of nitrogens with zero attached hydrogens (tertiary/aromatic N) is 2. The van der Waals surface area contributed by atoms with Gasteiger partial charge in [0.1, 0.15) is 0 Å². The predicted molar refractivity (Wildman–Crippen MR) is 106 cm³/mol. The van der Waals surface area contributed by atoms with Gasteiger partial charge in [0.15, 0.2) is 21.1 Å². The number of fused-ring (bicyclic) bond motifs is 5. The highest BCUT2D eigenvalue weighted by Gasteiger charge is 2.63. The van der Waals surface area contributed by atoms with Crippen LogP contribution in [0.15, 0.2) is 15.6 Å². The SMILES string of the molecule is CC1CN2c3c(cc4c(S(C)(=O)=O)noc4c3F)CC3(C(=O)NC(=O)NC3=O)C2C(C)O1. The van der Waals surface area contributed by atoms with Crippen molar-refractivity contribution in [1.29, 1.82) is 0 Å². The predicted octanol–water partition coefficient (Wildman–Crippen LogP) is 0.261. The zero-order chi connectivity index (χ0) is 23.2. The maximum Gasteiger partial charge on any atom is 0.328 e. The van der Waals surface area contributed by atoms with Crippen LogP contribution in [0.4, 0.5) is 14.9 Å². The first-order chi connectivity index (χ1) is 14.9. The first-order valence-electron chi connectivity index (χ1n) is 9.85. The molecule has 1 spiro atoms. The Balaban J connectivity index is 1.81. The molecule has 4 heterocycles. The summed E-state index contributed by atoms with van der Waals surface area (Å²) < 4.78 is 50.8. The van der Waals surface area contributed by atoms with Gasteiger partial charge in [0.05, 0.1) is 29.3 Å². The van der Waals surface area contributed by atoms with E-state index in [-0.39, 0.29) is 41.3 Å². The molecule has 2 saturated heterocycles. The van der Waals surface area contributed by atoms with E-state index in [2.05, 4.69) is 15.8 Å². The highest BCUT2D eigenvalue weighted by atomic mass is 32.2. The third-order valence-electron chi connectivity index (χ3n) is 6.28. The number of carbonyl (C=O) groups excluding carboxylic acids is 3. The molecule has 0 aliphatic carbocycles. The van der Waals surface area contributed by atoms with Gasteiger partial charge in [-0.05, 0) is 25.5 Å². The quantitative estimate of drug-likeness (QED) is 0.565. The lowest BCUT2D eigenvalue weighted by Crippen LogP contribution is -2.75. The number of amides is 4. The third-order valence-corrected chi connectivity index (χ3v) is 7.28. The van der Waals surface area contributed by atoms with Crippen molar-refractivity contribution >= 4 is 44.3 Å². The van der Waals surface area contributed by atoms with Crippen LogP contribution in [0, 0.1) is 11.2 Å². The van der Waals surface area contributed by atoms with Gasteiger partial charge >= 0.3 is 6.03 Å². The monoisotopic (exact) mass is 466 g/mol. The van der Waals surface area contributed by atoms with Crippen molar-refractivity contribution in [1.82, 2.24) is 15.8 Å². The molecule has 1 aromatic heterocycles. The average Bonchev–Trinajstić information content (AvgIpc) is 3.10.